The molecule has 1 saturated carbocycles. The van der Waals surface area contributed by atoms with Crippen LogP contribution in [-0.2, 0) is 20.7 Å². The number of benzene rings is 3. The molecular weight excluding hydrogens is 612 g/mol. The molecule has 1 unspecified atom stereocenters. The van der Waals surface area contributed by atoms with E-state index in [-0.39, 0.29) is 47.5 Å². The predicted molar refractivity (Wildman–Crippen MR) is 166 cm³/mol. The molecule has 44 heavy (non-hydrogen) atoms. The molecule has 1 atom stereocenters. The van der Waals surface area contributed by atoms with Crippen molar-refractivity contribution in [1.82, 2.24) is 9.62 Å². The second-order valence-electron chi connectivity index (χ2n) is 11.5. The molecule has 3 aromatic carbocycles. The first-order valence-electron chi connectivity index (χ1n) is 15.1. The minimum atomic E-state index is -4.59. The number of nitrogens with zero attached hydrogens (tertiary/aromatic N) is 1. The highest BCUT2D eigenvalue weighted by molar-refractivity contribution is 7.89. The van der Waals surface area contributed by atoms with Crippen molar-refractivity contribution in [2.75, 3.05) is 19.7 Å². The highest BCUT2D eigenvalue weighted by Crippen LogP contribution is 2.38. The van der Waals surface area contributed by atoms with E-state index in [0.717, 1.165) is 43.2 Å². The molecule has 0 aromatic heterocycles. The fourth-order valence-electron chi connectivity index (χ4n) is 5.65. The number of carbonyl (C=O) groups is 1. The van der Waals surface area contributed by atoms with Gasteiger partial charge in [-0.05, 0) is 92.1 Å². The van der Waals surface area contributed by atoms with Gasteiger partial charge >= 0.3 is 0 Å². The number of fused-ring (bicyclic) bond motifs is 1. The van der Waals surface area contributed by atoms with E-state index in [0.29, 0.717) is 30.4 Å². The molecule has 1 saturated heterocycles. The first-order valence-corrected chi connectivity index (χ1v) is 16.9. The van der Waals surface area contributed by atoms with E-state index >= 15 is 8.78 Å². The number of sulfonamides is 1. The number of nitrogens with two attached hydrogens (primary N) is 1. The molecule has 8 nitrogen and oxygen atoms in total. The number of nitrogens with one attached hydrogen (secondary N) is 1. The van der Waals surface area contributed by atoms with Crippen LogP contribution in [0.2, 0.25) is 5.02 Å². The first-order chi connectivity index (χ1) is 21.0. The summed E-state index contributed by atoms with van der Waals surface area (Å²) < 4.78 is 73.6. The molecule has 3 N–H and O–H groups in total. The Morgan fingerprint density at radius 1 is 1.05 bits per heavy atom. The smallest absolute Gasteiger partial charge is 0.298 e. The lowest BCUT2D eigenvalue weighted by Crippen LogP contribution is -2.58. The van der Waals surface area contributed by atoms with Crippen molar-refractivity contribution in [3.8, 4) is 11.5 Å². The summed E-state index contributed by atoms with van der Waals surface area (Å²) >= 11 is 6.17. The number of hydrogen-bond donors (Lipinski definition) is 2. The summed E-state index contributed by atoms with van der Waals surface area (Å²) in [6.45, 7) is 2.38. The molecule has 5 rings (SSSR count). The summed E-state index contributed by atoms with van der Waals surface area (Å²) in [6, 6.07) is 10.5. The fraction of sp³-hybridized carbons (Fsp3) is 0.469. The standard InChI is InChI=1S/C32H38ClF2N3O5S/c1-2-17-42-29-20-23(9-12-28(29)33)32(34,35)30(31(39)38-15-13-24(36)14-16-38)37-44(40,41)27-11-8-21-18-26(10-7-22(21)19-27)43-25-5-3-4-6-25/h7-12,18-20,24-25,30,37H,2-6,13-17,36H2,1H3. The molecule has 0 bridgehead atoms. The minimum Gasteiger partial charge on any atom is -0.492 e. The van der Waals surface area contributed by atoms with Gasteiger partial charge in [0, 0.05) is 24.7 Å². The van der Waals surface area contributed by atoms with Gasteiger partial charge in [-0.15, -0.1) is 0 Å². The van der Waals surface area contributed by atoms with Crippen molar-refractivity contribution in [3.63, 3.8) is 0 Å². The molecule has 1 aliphatic heterocycles. The minimum absolute atomic E-state index is 0.0227. The maximum absolute atomic E-state index is 16.3. The van der Waals surface area contributed by atoms with E-state index in [4.69, 9.17) is 26.8 Å². The topological polar surface area (TPSA) is 111 Å². The van der Waals surface area contributed by atoms with Gasteiger partial charge in [0.1, 0.15) is 11.5 Å². The van der Waals surface area contributed by atoms with E-state index in [9.17, 15) is 13.2 Å². The number of amides is 1. The van der Waals surface area contributed by atoms with Crippen molar-refractivity contribution >= 4 is 38.3 Å². The van der Waals surface area contributed by atoms with Crippen LogP contribution < -0.4 is 19.9 Å². The largest absolute Gasteiger partial charge is 0.492 e. The third-order valence-electron chi connectivity index (χ3n) is 8.21. The molecule has 0 radical (unpaired) electrons. The summed E-state index contributed by atoms with van der Waals surface area (Å²) in [4.78, 5) is 14.7. The highest BCUT2D eigenvalue weighted by Gasteiger charge is 2.50. The molecule has 2 aliphatic rings. The predicted octanol–water partition coefficient (Wildman–Crippen LogP) is 5.99. The third kappa shape index (κ3) is 7.28. The van der Waals surface area contributed by atoms with Crippen LogP contribution >= 0.6 is 11.6 Å². The van der Waals surface area contributed by atoms with Crippen molar-refractivity contribution in [1.29, 1.82) is 0 Å². The van der Waals surface area contributed by atoms with Crippen LogP contribution in [0.4, 0.5) is 8.78 Å². The zero-order chi connectivity index (χ0) is 31.5. The maximum atomic E-state index is 16.3. The molecule has 238 valence electrons. The summed E-state index contributed by atoms with van der Waals surface area (Å²) in [5.74, 6) is -4.28. The van der Waals surface area contributed by atoms with Crippen LogP contribution in [0.1, 0.15) is 57.4 Å². The van der Waals surface area contributed by atoms with Gasteiger partial charge in [0.15, 0.2) is 6.04 Å². The Kier molecular flexibility index (Phi) is 9.99. The van der Waals surface area contributed by atoms with Crippen LogP contribution in [0.15, 0.2) is 59.5 Å². The lowest BCUT2D eigenvalue weighted by molar-refractivity contribution is -0.145. The second-order valence-corrected chi connectivity index (χ2v) is 13.6. The van der Waals surface area contributed by atoms with E-state index in [1.54, 1.807) is 18.2 Å². The summed E-state index contributed by atoms with van der Waals surface area (Å²) in [5, 5.41) is 1.45. The van der Waals surface area contributed by atoms with E-state index in [1.807, 2.05) is 13.0 Å². The Morgan fingerprint density at radius 2 is 1.73 bits per heavy atom. The Morgan fingerprint density at radius 3 is 2.43 bits per heavy atom. The van der Waals surface area contributed by atoms with Crippen molar-refractivity contribution in [3.05, 3.63) is 65.2 Å². The zero-order valence-electron chi connectivity index (χ0n) is 24.6. The lowest BCUT2D eigenvalue weighted by Gasteiger charge is -2.35. The van der Waals surface area contributed by atoms with Gasteiger partial charge in [0.05, 0.1) is 22.6 Å². The Hall–Kier alpha value is -2.99. The quantitative estimate of drug-likeness (QED) is 0.264. The SMILES string of the molecule is CCCOc1cc(C(F)(F)C(NS(=O)(=O)c2ccc3cc(OC4CCCC4)ccc3c2)C(=O)N2CCC(N)CC2)ccc1Cl. The molecule has 1 amide bonds. The van der Waals surface area contributed by atoms with E-state index in [2.05, 4.69) is 4.72 Å². The number of piperidine rings is 1. The molecule has 1 heterocycles. The van der Waals surface area contributed by atoms with Gasteiger partial charge in [-0.2, -0.15) is 13.5 Å². The van der Waals surface area contributed by atoms with Gasteiger partial charge in [0.25, 0.3) is 5.92 Å². The number of likely N-dealkylation sites (tertiary alicyclic amines) is 1. The van der Waals surface area contributed by atoms with Crippen LogP contribution in [0.25, 0.3) is 10.8 Å². The van der Waals surface area contributed by atoms with Crippen LogP contribution in [-0.4, -0.2) is 57.1 Å². The number of halogens is 3. The Labute approximate surface area is 261 Å². The van der Waals surface area contributed by atoms with Crippen LogP contribution in [0, 0.1) is 0 Å². The second kappa shape index (κ2) is 13.6. The number of alkyl halides is 2. The first kappa shape index (κ1) is 32.4. The zero-order valence-corrected chi connectivity index (χ0v) is 26.2. The van der Waals surface area contributed by atoms with E-state index < -0.39 is 33.5 Å². The maximum Gasteiger partial charge on any atom is 0.298 e. The summed E-state index contributed by atoms with van der Waals surface area (Å²) in [7, 11) is -4.59. The van der Waals surface area contributed by atoms with E-state index in [1.165, 1.54) is 23.1 Å². The number of carbonyl (C=O) groups excluding carboxylic acids is 1. The molecule has 2 fully saturated rings. The number of ether oxygens (including phenoxy) is 2. The molecule has 3 aromatic rings. The molecular formula is C32H38ClF2N3O5S. The normalized spacial score (nSPS) is 17.6. The number of rotatable bonds is 11. The lowest BCUT2D eigenvalue weighted by atomic mass is 9.98. The summed E-state index contributed by atoms with van der Waals surface area (Å²) in [6.07, 6.45) is 5.89. The average Bonchev–Trinajstić information content (AvgIpc) is 3.52. The third-order valence-corrected chi connectivity index (χ3v) is 9.94. The van der Waals surface area contributed by atoms with Gasteiger partial charge in [0.2, 0.25) is 15.9 Å². The van der Waals surface area contributed by atoms with Gasteiger partial charge < -0.3 is 20.1 Å². The van der Waals surface area contributed by atoms with Gasteiger partial charge in [-0.25, -0.2) is 8.42 Å². The van der Waals surface area contributed by atoms with Crippen molar-refractivity contribution in [2.45, 2.75) is 80.9 Å². The molecule has 12 heteroatoms. The average molecular weight is 650 g/mol. The molecule has 0 spiro atoms. The van der Waals surface area contributed by atoms with Gasteiger partial charge in [-0.3, -0.25) is 4.79 Å². The monoisotopic (exact) mass is 649 g/mol. The number of hydrogen-bond acceptors (Lipinski definition) is 6. The Balaban J connectivity index is 1.45. The fourth-order valence-corrected chi connectivity index (χ4v) is 7.04. The highest BCUT2D eigenvalue weighted by atomic mass is 35.5. The van der Waals surface area contributed by atoms with Gasteiger partial charge in [-0.1, -0.05) is 36.7 Å². The van der Waals surface area contributed by atoms with Crippen LogP contribution in [0.5, 0.6) is 11.5 Å². The van der Waals surface area contributed by atoms with Crippen molar-refractivity contribution in [2.24, 2.45) is 5.73 Å². The Bertz CT molecular complexity index is 1590. The molecule has 1 aliphatic carbocycles. The summed E-state index contributed by atoms with van der Waals surface area (Å²) in [5.41, 5.74) is 5.36. The van der Waals surface area contributed by atoms with Crippen LogP contribution in [0.3, 0.4) is 0 Å². The van der Waals surface area contributed by atoms with Crippen molar-refractivity contribution < 1.29 is 31.5 Å².